The van der Waals surface area contributed by atoms with Crippen LogP contribution < -0.4 is 5.32 Å². The van der Waals surface area contributed by atoms with E-state index in [4.69, 9.17) is 23.2 Å². The van der Waals surface area contributed by atoms with Crippen LogP contribution in [0.2, 0.25) is 10.0 Å². The zero-order chi connectivity index (χ0) is 18.5. The highest BCUT2D eigenvalue weighted by molar-refractivity contribution is 6.35. The van der Waals surface area contributed by atoms with E-state index in [9.17, 15) is 4.79 Å². The SMILES string of the molecule is CN1CCN(C(=O)c2ccc(NCCc3ccc(Cl)cc3Cl)nn2)CC1. The molecule has 138 valence electrons. The second kappa shape index (κ2) is 8.66. The molecule has 1 aromatic heterocycles. The lowest BCUT2D eigenvalue weighted by Gasteiger charge is -2.32. The van der Waals surface area contributed by atoms with Crippen molar-refractivity contribution in [2.45, 2.75) is 6.42 Å². The number of anilines is 1. The highest BCUT2D eigenvalue weighted by Crippen LogP contribution is 2.21. The molecule has 8 heteroatoms. The Bertz CT molecular complexity index is 761. The summed E-state index contributed by atoms with van der Waals surface area (Å²) in [4.78, 5) is 16.5. The summed E-state index contributed by atoms with van der Waals surface area (Å²) in [6, 6.07) is 8.96. The fourth-order valence-corrected chi connectivity index (χ4v) is 3.26. The van der Waals surface area contributed by atoms with Crippen LogP contribution >= 0.6 is 23.2 Å². The molecule has 2 heterocycles. The monoisotopic (exact) mass is 393 g/mol. The number of piperazine rings is 1. The normalized spacial score (nSPS) is 15.1. The maximum absolute atomic E-state index is 12.4. The Balaban J connectivity index is 1.52. The van der Waals surface area contributed by atoms with Gasteiger partial charge in [0.15, 0.2) is 5.69 Å². The molecule has 0 bridgehead atoms. The van der Waals surface area contributed by atoms with Crippen molar-refractivity contribution in [3.05, 3.63) is 51.6 Å². The third-order valence-electron chi connectivity index (χ3n) is 4.39. The maximum atomic E-state index is 12.4. The lowest BCUT2D eigenvalue weighted by atomic mass is 10.1. The van der Waals surface area contributed by atoms with Crippen LogP contribution in [0.4, 0.5) is 5.82 Å². The van der Waals surface area contributed by atoms with Crippen molar-refractivity contribution in [1.82, 2.24) is 20.0 Å². The van der Waals surface area contributed by atoms with Gasteiger partial charge >= 0.3 is 0 Å². The predicted octanol–water partition coefficient (Wildman–Crippen LogP) is 2.83. The summed E-state index contributed by atoms with van der Waals surface area (Å²) in [6.07, 6.45) is 0.736. The molecule has 0 radical (unpaired) electrons. The van der Waals surface area contributed by atoms with Crippen molar-refractivity contribution in [3.8, 4) is 0 Å². The predicted molar refractivity (Wildman–Crippen MR) is 104 cm³/mol. The Morgan fingerprint density at radius 2 is 1.88 bits per heavy atom. The first kappa shape index (κ1) is 18.9. The van der Waals surface area contributed by atoms with E-state index in [1.807, 2.05) is 17.0 Å². The molecule has 0 aliphatic carbocycles. The van der Waals surface area contributed by atoms with Gasteiger partial charge in [0, 0.05) is 42.8 Å². The quantitative estimate of drug-likeness (QED) is 0.845. The van der Waals surface area contributed by atoms with Crippen molar-refractivity contribution in [2.75, 3.05) is 45.1 Å². The molecule has 1 aliphatic rings. The number of nitrogens with zero attached hydrogens (tertiary/aromatic N) is 4. The van der Waals surface area contributed by atoms with Crippen LogP contribution in [-0.2, 0) is 6.42 Å². The highest BCUT2D eigenvalue weighted by atomic mass is 35.5. The second-order valence-electron chi connectivity index (χ2n) is 6.31. The molecule has 1 amide bonds. The maximum Gasteiger partial charge on any atom is 0.274 e. The van der Waals surface area contributed by atoms with Crippen LogP contribution in [0.1, 0.15) is 16.1 Å². The molecule has 0 spiro atoms. The highest BCUT2D eigenvalue weighted by Gasteiger charge is 2.21. The zero-order valence-corrected chi connectivity index (χ0v) is 16.1. The molecular weight excluding hydrogens is 373 g/mol. The van der Waals surface area contributed by atoms with Crippen molar-refractivity contribution in [3.63, 3.8) is 0 Å². The lowest BCUT2D eigenvalue weighted by Crippen LogP contribution is -2.47. The van der Waals surface area contributed by atoms with Gasteiger partial charge in [-0.3, -0.25) is 4.79 Å². The molecule has 26 heavy (non-hydrogen) atoms. The number of rotatable bonds is 5. The first-order valence-corrected chi connectivity index (χ1v) is 9.28. The summed E-state index contributed by atoms with van der Waals surface area (Å²) >= 11 is 12.1. The van der Waals surface area contributed by atoms with E-state index in [0.29, 0.717) is 28.1 Å². The average molecular weight is 394 g/mol. The van der Waals surface area contributed by atoms with Gasteiger partial charge in [0.1, 0.15) is 5.82 Å². The van der Waals surface area contributed by atoms with Gasteiger partial charge in [0.2, 0.25) is 0 Å². The van der Waals surface area contributed by atoms with Crippen LogP contribution in [0, 0.1) is 0 Å². The number of carbonyl (C=O) groups is 1. The fourth-order valence-electron chi connectivity index (χ4n) is 2.76. The number of halogens is 2. The smallest absolute Gasteiger partial charge is 0.274 e. The number of amides is 1. The summed E-state index contributed by atoms with van der Waals surface area (Å²) in [6.45, 7) is 3.86. The average Bonchev–Trinajstić information content (AvgIpc) is 2.64. The molecule has 1 fully saturated rings. The molecule has 2 aromatic rings. The Hall–Kier alpha value is -1.89. The Kier molecular flexibility index (Phi) is 6.29. The van der Waals surface area contributed by atoms with Gasteiger partial charge < -0.3 is 15.1 Å². The van der Waals surface area contributed by atoms with Crippen LogP contribution in [0.25, 0.3) is 0 Å². The summed E-state index contributed by atoms with van der Waals surface area (Å²) in [5.74, 6) is 0.565. The number of nitrogens with one attached hydrogen (secondary N) is 1. The van der Waals surface area contributed by atoms with Gasteiger partial charge in [-0.15, -0.1) is 10.2 Å². The van der Waals surface area contributed by atoms with Crippen LogP contribution in [-0.4, -0.2) is 65.7 Å². The molecule has 6 nitrogen and oxygen atoms in total. The third-order valence-corrected chi connectivity index (χ3v) is 4.98. The van der Waals surface area contributed by atoms with Crippen molar-refractivity contribution >= 4 is 34.9 Å². The minimum atomic E-state index is -0.0647. The van der Waals surface area contributed by atoms with Crippen molar-refractivity contribution in [1.29, 1.82) is 0 Å². The minimum Gasteiger partial charge on any atom is -0.368 e. The van der Waals surface area contributed by atoms with Gasteiger partial charge in [0.25, 0.3) is 5.91 Å². The Morgan fingerprint density at radius 3 is 2.54 bits per heavy atom. The fraction of sp³-hybridized carbons (Fsp3) is 0.389. The summed E-state index contributed by atoms with van der Waals surface area (Å²) in [5, 5.41) is 12.6. The van der Waals surface area contributed by atoms with Gasteiger partial charge in [0.05, 0.1) is 0 Å². The van der Waals surface area contributed by atoms with E-state index in [1.54, 1.807) is 18.2 Å². The van der Waals surface area contributed by atoms with Crippen molar-refractivity contribution in [2.24, 2.45) is 0 Å². The van der Waals surface area contributed by atoms with Crippen LogP contribution in [0.3, 0.4) is 0 Å². The van der Waals surface area contributed by atoms with Crippen molar-refractivity contribution < 1.29 is 4.79 Å². The Morgan fingerprint density at radius 1 is 1.12 bits per heavy atom. The topological polar surface area (TPSA) is 61.4 Å². The minimum absolute atomic E-state index is 0.0647. The van der Waals surface area contributed by atoms with E-state index in [-0.39, 0.29) is 5.91 Å². The zero-order valence-electron chi connectivity index (χ0n) is 14.6. The first-order chi connectivity index (χ1) is 12.5. The van der Waals surface area contributed by atoms with E-state index >= 15 is 0 Å². The molecule has 0 unspecified atom stereocenters. The first-order valence-electron chi connectivity index (χ1n) is 8.52. The summed E-state index contributed by atoms with van der Waals surface area (Å²) in [7, 11) is 2.05. The van der Waals surface area contributed by atoms with E-state index in [0.717, 1.165) is 38.2 Å². The third kappa shape index (κ3) is 4.84. The standard InChI is InChI=1S/C18H21Cl2N5O/c1-24-8-10-25(11-9-24)18(26)16-4-5-17(23-22-16)21-7-6-13-2-3-14(19)12-15(13)20/h2-5,12H,6-11H2,1H3,(H,21,23). The molecule has 0 atom stereocenters. The number of likely N-dealkylation sites (N-methyl/N-ethyl adjacent to an activating group) is 1. The number of hydrogen-bond acceptors (Lipinski definition) is 5. The number of carbonyl (C=O) groups excluding carboxylic acids is 1. The molecule has 1 aromatic carbocycles. The largest absolute Gasteiger partial charge is 0.368 e. The van der Waals surface area contributed by atoms with Gasteiger partial charge in [-0.2, -0.15) is 0 Å². The van der Waals surface area contributed by atoms with E-state index < -0.39 is 0 Å². The lowest BCUT2D eigenvalue weighted by molar-refractivity contribution is 0.0657. The molecule has 0 saturated carbocycles. The molecule has 1 N–H and O–H groups in total. The number of benzene rings is 1. The number of aromatic nitrogens is 2. The van der Waals surface area contributed by atoms with Gasteiger partial charge in [-0.25, -0.2) is 0 Å². The van der Waals surface area contributed by atoms with E-state index in [1.165, 1.54) is 0 Å². The second-order valence-corrected chi connectivity index (χ2v) is 7.16. The van der Waals surface area contributed by atoms with E-state index in [2.05, 4.69) is 27.5 Å². The summed E-state index contributed by atoms with van der Waals surface area (Å²) < 4.78 is 0. The van der Waals surface area contributed by atoms with Crippen LogP contribution in [0.5, 0.6) is 0 Å². The van der Waals surface area contributed by atoms with Crippen LogP contribution in [0.15, 0.2) is 30.3 Å². The van der Waals surface area contributed by atoms with Gasteiger partial charge in [-0.05, 0) is 43.3 Å². The molecular formula is C18H21Cl2N5O. The Labute approximate surface area is 163 Å². The number of hydrogen-bond donors (Lipinski definition) is 1. The molecule has 1 aliphatic heterocycles. The van der Waals surface area contributed by atoms with Gasteiger partial charge in [-0.1, -0.05) is 29.3 Å². The summed E-state index contributed by atoms with van der Waals surface area (Å²) in [5.41, 5.74) is 1.39. The molecule has 3 rings (SSSR count). The molecule has 1 saturated heterocycles.